The van der Waals surface area contributed by atoms with Crippen molar-refractivity contribution >= 4 is 16.9 Å². The fourth-order valence-electron chi connectivity index (χ4n) is 4.58. The molecule has 5 nitrogen and oxygen atoms in total. The molecule has 4 rings (SSSR count). The predicted molar refractivity (Wildman–Crippen MR) is 141 cm³/mol. The molecule has 0 bridgehead atoms. The number of aromatic nitrogens is 2. The Kier molecular flexibility index (Phi) is 9.10. The molecule has 0 unspecified atom stereocenters. The zero-order valence-electron chi connectivity index (χ0n) is 21.5. The highest BCUT2D eigenvalue weighted by atomic mass is 19.4. The van der Waals surface area contributed by atoms with Crippen LogP contribution in [0.4, 0.5) is 13.2 Å². The highest BCUT2D eigenvalue weighted by Gasteiger charge is 2.38. The third-order valence-corrected chi connectivity index (χ3v) is 6.12. The minimum Gasteiger partial charge on any atom is -0.475 e. The lowest BCUT2D eigenvalue weighted by molar-refractivity contribution is -0.192. The molecule has 0 aliphatic carbocycles. The highest BCUT2D eigenvalue weighted by molar-refractivity contribution is 5.96. The molecule has 0 aliphatic heterocycles. The molecule has 0 spiro atoms. The van der Waals surface area contributed by atoms with Gasteiger partial charge in [0.05, 0.1) is 0 Å². The van der Waals surface area contributed by atoms with Crippen molar-refractivity contribution in [3.63, 3.8) is 0 Å². The van der Waals surface area contributed by atoms with E-state index in [4.69, 9.17) is 15.0 Å². The maximum Gasteiger partial charge on any atom is 0.490 e. The lowest BCUT2D eigenvalue weighted by Crippen LogP contribution is -2.21. The molecule has 2 N–H and O–H groups in total. The van der Waals surface area contributed by atoms with Crippen LogP contribution in [0.2, 0.25) is 0 Å². The van der Waals surface area contributed by atoms with Gasteiger partial charge in [-0.1, -0.05) is 66.2 Å². The largest absolute Gasteiger partial charge is 0.490 e. The molecule has 8 heteroatoms. The average molecular weight is 512 g/mol. The average Bonchev–Trinajstić information content (AvgIpc) is 3.14. The lowest BCUT2D eigenvalue weighted by atomic mass is 9.92. The first-order valence-electron chi connectivity index (χ1n) is 12.1. The highest BCUT2D eigenvalue weighted by Crippen LogP contribution is 2.34. The van der Waals surface area contributed by atoms with E-state index < -0.39 is 12.1 Å². The van der Waals surface area contributed by atoms with Gasteiger partial charge in [-0.3, -0.25) is 4.68 Å². The molecule has 0 saturated heterocycles. The Hall–Kier alpha value is -3.65. The number of alkyl halides is 3. The first-order valence-corrected chi connectivity index (χ1v) is 12.1. The minimum absolute atomic E-state index is 0.920. The van der Waals surface area contributed by atoms with Gasteiger partial charge < -0.3 is 10.4 Å². The van der Waals surface area contributed by atoms with Crippen LogP contribution >= 0.6 is 0 Å². The Morgan fingerprint density at radius 1 is 1.00 bits per heavy atom. The molecular weight excluding hydrogens is 479 g/mol. The number of fused-ring (bicyclic) bond motifs is 1. The number of hydrogen-bond acceptors (Lipinski definition) is 3. The maximum atomic E-state index is 10.6. The molecular formula is C29H32F3N3O2. The summed E-state index contributed by atoms with van der Waals surface area (Å²) in [5.74, 6) is -2.76. The first-order chi connectivity index (χ1) is 17.5. The van der Waals surface area contributed by atoms with Gasteiger partial charge in [-0.25, -0.2) is 4.79 Å². The van der Waals surface area contributed by atoms with Crippen LogP contribution in [-0.4, -0.2) is 33.6 Å². The standard InChI is InChI=1S/C27H31N3.C2HF3O2/c1-19-16-20(2)26(21(3)17-19)24-13-8-12-23-25(30(4)29-27(23)24)14-9-15-28-18-22-10-6-5-7-11-22;3-2(4,5)1(6)7/h5-8,10-13,16-17,28H,9,14-15,18H2,1-4H3;(H,6,7). The van der Waals surface area contributed by atoms with Crippen molar-refractivity contribution in [2.45, 2.75) is 46.3 Å². The number of aliphatic carboxylic acids is 1. The third-order valence-electron chi connectivity index (χ3n) is 6.12. The van der Waals surface area contributed by atoms with E-state index in [1.807, 2.05) is 0 Å². The van der Waals surface area contributed by atoms with Gasteiger partial charge in [0.1, 0.15) is 5.52 Å². The van der Waals surface area contributed by atoms with Gasteiger partial charge in [-0.2, -0.15) is 18.3 Å². The van der Waals surface area contributed by atoms with E-state index in [1.54, 1.807) is 0 Å². The fraction of sp³-hybridized carbons (Fsp3) is 0.310. The van der Waals surface area contributed by atoms with Crippen LogP contribution in [0, 0.1) is 20.8 Å². The number of halogens is 3. The second-order valence-electron chi connectivity index (χ2n) is 9.11. The summed E-state index contributed by atoms with van der Waals surface area (Å²) < 4.78 is 33.8. The molecule has 0 radical (unpaired) electrons. The number of carboxylic acid groups (broad SMARTS) is 1. The van der Waals surface area contributed by atoms with Gasteiger partial charge in [-0.05, 0) is 62.4 Å². The topological polar surface area (TPSA) is 67.2 Å². The van der Waals surface area contributed by atoms with Crippen LogP contribution in [0.15, 0.2) is 60.7 Å². The predicted octanol–water partition coefficient (Wildman–Crippen LogP) is 6.52. The molecule has 0 saturated carbocycles. The van der Waals surface area contributed by atoms with E-state index in [2.05, 4.69) is 98.5 Å². The summed E-state index contributed by atoms with van der Waals surface area (Å²) in [4.78, 5) is 8.90. The lowest BCUT2D eigenvalue weighted by Gasteiger charge is -2.12. The van der Waals surface area contributed by atoms with Crippen LogP contribution < -0.4 is 5.32 Å². The quantitative estimate of drug-likeness (QED) is 0.277. The van der Waals surface area contributed by atoms with Gasteiger partial charge in [0, 0.05) is 30.2 Å². The molecule has 3 aromatic carbocycles. The molecule has 0 amide bonds. The van der Waals surface area contributed by atoms with Crippen LogP contribution in [0.3, 0.4) is 0 Å². The van der Waals surface area contributed by atoms with E-state index in [0.29, 0.717) is 0 Å². The number of rotatable bonds is 7. The van der Waals surface area contributed by atoms with Gasteiger partial charge in [-0.15, -0.1) is 0 Å². The second-order valence-corrected chi connectivity index (χ2v) is 9.11. The van der Waals surface area contributed by atoms with E-state index in [9.17, 15) is 13.2 Å². The maximum absolute atomic E-state index is 10.6. The number of hydrogen-bond donors (Lipinski definition) is 2. The van der Waals surface area contributed by atoms with Crippen molar-refractivity contribution in [1.29, 1.82) is 0 Å². The van der Waals surface area contributed by atoms with Crippen molar-refractivity contribution < 1.29 is 23.1 Å². The number of benzene rings is 3. The Bertz CT molecular complexity index is 1340. The minimum atomic E-state index is -5.08. The van der Waals surface area contributed by atoms with Gasteiger partial charge in [0.25, 0.3) is 0 Å². The smallest absolute Gasteiger partial charge is 0.475 e. The molecule has 4 aromatic rings. The first kappa shape index (κ1) is 27.9. The molecule has 196 valence electrons. The summed E-state index contributed by atoms with van der Waals surface area (Å²) in [5.41, 5.74) is 10.3. The van der Waals surface area contributed by atoms with Crippen LogP contribution in [0.5, 0.6) is 0 Å². The van der Waals surface area contributed by atoms with Crippen molar-refractivity contribution in [2.24, 2.45) is 7.05 Å². The van der Waals surface area contributed by atoms with Crippen molar-refractivity contribution in [2.75, 3.05) is 6.54 Å². The van der Waals surface area contributed by atoms with Crippen LogP contribution in [0.25, 0.3) is 22.0 Å². The van der Waals surface area contributed by atoms with Gasteiger partial charge in [0.15, 0.2) is 0 Å². The van der Waals surface area contributed by atoms with Crippen LogP contribution in [0.1, 0.15) is 34.4 Å². The van der Waals surface area contributed by atoms with Crippen molar-refractivity contribution in [1.82, 2.24) is 15.1 Å². The zero-order valence-corrected chi connectivity index (χ0v) is 21.5. The van der Waals surface area contributed by atoms with Gasteiger partial charge >= 0.3 is 12.1 Å². The molecule has 37 heavy (non-hydrogen) atoms. The molecule has 1 aromatic heterocycles. The molecule has 1 heterocycles. The second kappa shape index (κ2) is 12.1. The summed E-state index contributed by atoms with van der Waals surface area (Å²) in [6.07, 6.45) is -2.97. The van der Waals surface area contributed by atoms with E-state index in [1.165, 1.54) is 44.5 Å². The number of carbonyl (C=O) groups is 1. The summed E-state index contributed by atoms with van der Waals surface area (Å²) in [5, 5.41) is 16.9. The zero-order chi connectivity index (χ0) is 27.2. The summed E-state index contributed by atoms with van der Waals surface area (Å²) in [6, 6.07) is 21.7. The summed E-state index contributed by atoms with van der Waals surface area (Å²) >= 11 is 0. The fourth-order valence-corrected chi connectivity index (χ4v) is 4.58. The third kappa shape index (κ3) is 7.20. The van der Waals surface area contributed by atoms with E-state index in [0.717, 1.165) is 31.4 Å². The SMILES string of the molecule is Cc1cc(C)c(-c2cccc3c(CCCNCc4ccccc4)n(C)nc23)c(C)c1.O=C(O)C(F)(F)F. The summed E-state index contributed by atoms with van der Waals surface area (Å²) in [7, 11) is 2.07. The number of aryl methyl sites for hydroxylation is 5. The Morgan fingerprint density at radius 3 is 2.22 bits per heavy atom. The van der Waals surface area contributed by atoms with E-state index in [-0.39, 0.29) is 0 Å². The Labute approximate surface area is 214 Å². The van der Waals surface area contributed by atoms with Crippen LogP contribution in [-0.2, 0) is 24.8 Å². The monoisotopic (exact) mass is 511 g/mol. The Balaban J connectivity index is 0.000000479. The normalized spacial score (nSPS) is 11.3. The number of carboxylic acids is 1. The summed E-state index contributed by atoms with van der Waals surface area (Å²) in [6.45, 7) is 8.49. The van der Waals surface area contributed by atoms with E-state index >= 15 is 0 Å². The molecule has 0 fully saturated rings. The van der Waals surface area contributed by atoms with Crippen molar-refractivity contribution in [3.05, 3.63) is 88.6 Å². The van der Waals surface area contributed by atoms with Gasteiger partial charge in [0.2, 0.25) is 0 Å². The van der Waals surface area contributed by atoms with Crippen molar-refractivity contribution in [3.8, 4) is 11.1 Å². The molecule has 0 aliphatic rings. The number of nitrogens with zero attached hydrogens (tertiary/aromatic N) is 2. The molecule has 0 atom stereocenters. The Morgan fingerprint density at radius 2 is 1.62 bits per heavy atom. The number of nitrogens with one attached hydrogen (secondary N) is 1.